The monoisotopic (exact) mass is 1080 g/mol. The van der Waals surface area contributed by atoms with Gasteiger partial charge in [0.15, 0.2) is 11.5 Å². The van der Waals surface area contributed by atoms with Gasteiger partial charge in [-0.1, -0.05) is 310 Å². The van der Waals surface area contributed by atoms with Crippen molar-refractivity contribution in [2.24, 2.45) is 5.92 Å². The number of rotatable bonds is 60. The Morgan fingerprint density at radius 1 is 0.364 bits per heavy atom. The van der Waals surface area contributed by atoms with Gasteiger partial charge in [-0.25, -0.2) is 0 Å². The maximum absolute atomic E-state index is 11.7. The van der Waals surface area contributed by atoms with E-state index in [-0.39, 0.29) is 24.2 Å². The van der Waals surface area contributed by atoms with Crippen molar-refractivity contribution in [2.45, 2.75) is 360 Å². The Balaban J connectivity index is 1.93. The Labute approximate surface area is 479 Å². The number of carbonyl (C=O) groups is 1. The van der Waals surface area contributed by atoms with Crippen LogP contribution in [0, 0.1) is 5.92 Å². The fourth-order valence-corrected chi connectivity index (χ4v) is 11.9. The maximum atomic E-state index is 11.7. The number of aldehydes is 1. The molecule has 0 spiro atoms. The molecule has 7 nitrogen and oxygen atoms in total. The van der Waals surface area contributed by atoms with Crippen molar-refractivity contribution in [3.8, 4) is 17.2 Å². The normalized spacial score (nSPS) is 16.6. The molecule has 1 fully saturated rings. The van der Waals surface area contributed by atoms with Crippen LogP contribution in [-0.4, -0.2) is 65.2 Å². The molecule has 0 radical (unpaired) electrons. The summed E-state index contributed by atoms with van der Waals surface area (Å²) < 4.78 is 38.8. The highest BCUT2D eigenvalue weighted by Crippen LogP contribution is 2.40. The Bertz CT molecular complexity index is 1310. The van der Waals surface area contributed by atoms with Crippen LogP contribution in [-0.2, 0) is 14.2 Å². The highest BCUT2D eigenvalue weighted by atomic mass is 16.6. The van der Waals surface area contributed by atoms with Gasteiger partial charge < -0.3 is 28.4 Å². The van der Waals surface area contributed by atoms with Crippen molar-refractivity contribution >= 4 is 6.29 Å². The van der Waals surface area contributed by atoms with Gasteiger partial charge in [0.1, 0.15) is 12.4 Å². The average molecular weight is 1080 g/mol. The lowest BCUT2D eigenvalue weighted by atomic mass is 9.83. The van der Waals surface area contributed by atoms with Crippen LogP contribution in [0.25, 0.3) is 0 Å². The Hall–Kier alpha value is -1.83. The number of hydrogen-bond acceptors (Lipinski definition) is 7. The highest BCUT2D eigenvalue weighted by molar-refractivity contribution is 5.78. The van der Waals surface area contributed by atoms with Gasteiger partial charge in [0, 0.05) is 25.4 Å². The first kappa shape index (κ1) is 71.3. The van der Waals surface area contributed by atoms with Gasteiger partial charge in [-0.3, -0.25) is 4.79 Å². The zero-order valence-electron chi connectivity index (χ0n) is 52.1. The Morgan fingerprint density at radius 3 is 0.857 bits per heavy atom. The van der Waals surface area contributed by atoms with Crippen molar-refractivity contribution in [3.05, 3.63) is 17.7 Å². The summed E-state index contributed by atoms with van der Waals surface area (Å²) in [7, 11) is 3.23. The molecule has 7 heteroatoms. The van der Waals surface area contributed by atoms with Crippen LogP contribution < -0.4 is 14.2 Å². The van der Waals surface area contributed by atoms with Crippen molar-refractivity contribution in [1.29, 1.82) is 0 Å². The molecule has 452 valence electrons. The molecule has 2 atom stereocenters. The molecule has 0 heterocycles. The topological polar surface area (TPSA) is 72.5 Å². The molecule has 0 amide bonds. The molecular weight excluding hydrogens is 953 g/mol. The van der Waals surface area contributed by atoms with Crippen LogP contribution in [0.3, 0.4) is 0 Å². The van der Waals surface area contributed by atoms with E-state index in [9.17, 15) is 4.79 Å². The summed E-state index contributed by atoms with van der Waals surface area (Å²) in [5.74, 6) is 1.76. The van der Waals surface area contributed by atoms with Crippen LogP contribution in [0.15, 0.2) is 12.1 Å². The van der Waals surface area contributed by atoms with Crippen molar-refractivity contribution in [1.82, 2.24) is 0 Å². The first-order valence-electron chi connectivity index (χ1n) is 34.3. The predicted octanol–water partition coefficient (Wildman–Crippen LogP) is 22.2. The fraction of sp³-hybridized carbons (Fsp3) is 0.900. The molecule has 0 saturated heterocycles. The first-order valence-corrected chi connectivity index (χ1v) is 34.3. The molecule has 77 heavy (non-hydrogen) atoms. The summed E-state index contributed by atoms with van der Waals surface area (Å²) in [4.78, 5) is 11.7. The van der Waals surface area contributed by atoms with Gasteiger partial charge >= 0.3 is 0 Å². The Morgan fingerprint density at radius 2 is 0.610 bits per heavy atom. The minimum absolute atomic E-state index is 0.0493. The summed E-state index contributed by atoms with van der Waals surface area (Å²) >= 11 is 0. The minimum atomic E-state index is -0.0827. The second-order valence-electron chi connectivity index (χ2n) is 24.1. The predicted molar refractivity (Wildman–Crippen MR) is 331 cm³/mol. The molecule has 0 N–H and O–H groups in total. The van der Waals surface area contributed by atoms with E-state index in [4.69, 9.17) is 28.4 Å². The number of benzene rings is 1. The molecule has 1 aliphatic rings. The SMILES string of the molecule is CCCCCCCCCCCCCCCCCCOC1CC(COc2c(OC)cc(C=O)cc2OC)CC(OCCCCCCCCCCCCCCCCCC)C1OCCCCCCCCCCCCCCCCCC. The van der Waals surface area contributed by atoms with E-state index in [0.29, 0.717) is 29.4 Å². The van der Waals surface area contributed by atoms with Gasteiger partial charge in [-0.05, 0) is 50.2 Å². The number of ether oxygens (including phenoxy) is 6. The zero-order chi connectivity index (χ0) is 55.2. The van der Waals surface area contributed by atoms with E-state index in [0.717, 1.165) is 58.2 Å². The second kappa shape index (κ2) is 54.7. The van der Waals surface area contributed by atoms with E-state index >= 15 is 0 Å². The Kier molecular flexibility index (Phi) is 50.7. The molecule has 0 aliphatic heterocycles. The number of methoxy groups -OCH3 is 2. The highest BCUT2D eigenvalue weighted by Gasteiger charge is 2.40. The molecule has 1 aliphatic carbocycles. The lowest BCUT2D eigenvalue weighted by molar-refractivity contribution is -0.172. The van der Waals surface area contributed by atoms with Crippen LogP contribution in [0.1, 0.15) is 352 Å². The molecule has 0 bridgehead atoms. The van der Waals surface area contributed by atoms with Crippen LogP contribution in [0.5, 0.6) is 17.2 Å². The first-order chi connectivity index (χ1) is 38.1. The van der Waals surface area contributed by atoms with E-state index in [1.807, 2.05) is 0 Å². The van der Waals surface area contributed by atoms with Gasteiger partial charge in [0.25, 0.3) is 0 Å². The van der Waals surface area contributed by atoms with E-state index in [1.54, 1.807) is 26.4 Å². The largest absolute Gasteiger partial charge is 0.493 e. The van der Waals surface area contributed by atoms with Crippen molar-refractivity contribution in [3.63, 3.8) is 0 Å². The summed E-state index contributed by atoms with van der Waals surface area (Å²) in [6.07, 6.45) is 67.9. The molecule has 2 unspecified atom stereocenters. The molecule has 2 rings (SSSR count). The second-order valence-corrected chi connectivity index (χ2v) is 24.1. The molecule has 1 aromatic rings. The molecule has 0 aromatic heterocycles. The van der Waals surface area contributed by atoms with Gasteiger partial charge in [0.2, 0.25) is 5.75 Å². The quantitative estimate of drug-likeness (QED) is 0.0475. The zero-order valence-corrected chi connectivity index (χ0v) is 52.1. The molecule has 1 aromatic carbocycles. The van der Waals surface area contributed by atoms with Crippen molar-refractivity contribution in [2.75, 3.05) is 40.6 Å². The number of carbonyl (C=O) groups excluding carboxylic acids is 1. The number of hydrogen-bond donors (Lipinski definition) is 0. The fourth-order valence-electron chi connectivity index (χ4n) is 11.9. The maximum Gasteiger partial charge on any atom is 0.203 e. The third kappa shape index (κ3) is 40.1. The smallest absolute Gasteiger partial charge is 0.203 e. The standard InChI is InChI=1S/C70H130O7/c1-6-9-12-15-18-21-24-27-30-33-36-39-42-45-48-51-54-74-67-59-64(62-77-69-65(72-4)57-63(61-71)58-66(69)73-5)60-68(75-55-52-49-46-43-40-37-34-31-28-25-22-19-16-13-10-7-2)70(67)76-56-53-50-47-44-41-38-35-32-29-26-23-20-17-14-11-8-3/h57-58,61,64,67-68,70H,6-56,59-60,62H2,1-5H3. The lowest BCUT2D eigenvalue weighted by Gasteiger charge is -2.41. The summed E-state index contributed by atoms with van der Waals surface area (Å²) in [5.41, 5.74) is 0.498. The number of unbranched alkanes of at least 4 members (excludes halogenated alkanes) is 45. The van der Waals surface area contributed by atoms with Gasteiger partial charge in [0.05, 0.1) is 33.0 Å². The summed E-state index contributed by atoms with van der Waals surface area (Å²) in [6.45, 7) is 9.68. The van der Waals surface area contributed by atoms with Crippen LogP contribution in [0.4, 0.5) is 0 Å². The van der Waals surface area contributed by atoms with Crippen LogP contribution in [0.2, 0.25) is 0 Å². The van der Waals surface area contributed by atoms with Crippen molar-refractivity contribution < 1.29 is 33.2 Å². The lowest BCUT2D eigenvalue weighted by Crippen LogP contribution is -2.50. The van der Waals surface area contributed by atoms with Crippen LogP contribution >= 0.6 is 0 Å². The van der Waals surface area contributed by atoms with Gasteiger partial charge in [-0.15, -0.1) is 0 Å². The van der Waals surface area contributed by atoms with E-state index in [2.05, 4.69) is 20.8 Å². The van der Waals surface area contributed by atoms with Gasteiger partial charge in [-0.2, -0.15) is 0 Å². The summed E-state index contributed by atoms with van der Waals surface area (Å²) in [6, 6.07) is 3.45. The summed E-state index contributed by atoms with van der Waals surface area (Å²) in [5, 5.41) is 0. The molecule has 1 saturated carbocycles. The average Bonchev–Trinajstić information content (AvgIpc) is 3.45. The molecular formula is C70H130O7. The minimum Gasteiger partial charge on any atom is -0.493 e. The van der Waals surface area contributed by atoms with E-state index in [1.165, 1.54) is 289 Å². The van der Waals surface area contributed by atoms with E-state index < -0.39 is 0 Å². The third-order valence-corrected chi connectivity index (χ3v) is 16.9. The third-order valence-electron chi connectivity index (χ3n) is 16.9.